The largest absolute Gasteiger partial charge is 0.317 e. The van der Waals surface area contributed by atoms with Gasteiger partial charge in [-0.25, -0.2) is 0 Å². The average molecular weight is 155 g/mol. The first-order valence-corrected chi connectivity index (χ1v) is 4.82. The van der Waals surface area contributed by atoms with E-state index in [2.05, 4.69) is 33.1 Å². The minimum absolute atomic E-state index is 0.735. The van der Waals surface area contributed by atoms with Gasteiger partial charge in [-0.15, -0.1) is 0 Å². The lowest BCUT2D eigenvalue weighted by atomic mass is 10.0. The molecule has 1 saturated carbocycles. The Balaban J connectivity index is 2.15. The van der Waals surface area contributed by atoms with Crippen molar-refractivity contribution in [1.82, 2.24) is 5.32 Å². The standard InChI is InChI=1S/C10H21N/c1-7(2)5-9-6-10(9)8(3)11-4/h7-11H,5-6H2,1-4H3. The van der Waals surface area contributed by atoms with Gasteiger partial charge in [0.05, 0.1) is 0 Å². The second kappa shape index (κ2) is 3.57. The summed E-state index contributed by atoms with van der Waals surface area (Å²) in [5.74, 6) is 2.88. The first kappa shape index (κ1) is 9.05. The molecule has 0 radical (unpaired) electrons. The third-order valence-corrected chi connectivity index (χ3v) is 2.85. The summed E-state index contributed by atoms with van der Waals surface area (Å²) in [6.07, 6.45) is 2.89. The van der Waals surface area contributed by atoms with Crippen LogP contribution in [-0.2, 0) is 0 Å². The SMILES string of the molecule is CNC(C)C1CC1CC(C)C. The summed E-state index contributed by atoms with van der Waals surface area (Å²) in [6.45, 7) is 6.93. The summed E-state index contributed by atoms with van der Waals surface area (Å²) in [5.41, 5.74) is 0. The number of nitrogens with one attached hydrogen (secondary N) is 1. The highest BCUT2D eigenvalue weighted by molar-refractivity contribution is 4.92. The number of rotatable bonds is 4. The molecule has 1 fully saturated rings. The molecule has 0 heterocycles. The van der Waals surface area contributed by atoms with Gasteiger partial charge in [0, 0.05) is 6.04 Å². The van der Waals surface area contributed by atoms with Crippen LogP contribution in [0.3, 0.4) is 0 Å². The zero-order valence-corrected chi connectivity index (χ0v) is 8.22. The van der Waals surface area contributed by atoms with Gasteiger partial charge >= 0.3 is 0 Å². The molecule has 0 saturated heterocycles. The second-order valence-corrected chi connectivity index (χ2v) is 4.37. The van der Waals surface area contributed by atoms with Crippen molar-refractivity contribution in [3.05, 3.63) is 0 Å². The van der Waals surface area contributed by atoms with Crippen LogP contribution >= 0.6 is 0 Å². The van der Waals surface area contributed by atoms with Crippen LogP contribution in [0.5, 0.6) is 0 Å². The monoisotopic (exact) mass is 155 g/mol. The van der Waals surface area contributed by atoms with E-state index in [9.17, 15) is 0 Å². The number of hydrogen-bond acceptors (Lipinski definition) is 1. The normalized spacial score (nSPS) is 32.5. The Morgan fingerprint density at radius 3 is 2.45 bits per heavy atom. The topological polar surface area (TPSA) is 12.0 Å². The van der Waals surface area contributed by atoms with E-state index in [4.69, 9.17) is 0 Å². The van der Waals surface area contributed by atoms with Crippen molar-refractivity contribution in [2.75, 3.05) is 7.05 Å². The van der Waals surface area contributed by atoms with Gasteiger partial charge in [0.25, 0.3) is 0 Å². The minimum Gasteiger partial charge on any atom is -0.317 e. The molecule has 1 rings (SSSR count). The van der Waals surface area contributed by atoms with E-state index < -0.39 is 0 Å². The molecule has 0 aromatic rings. The molecule has 66 valence electrons. The fourth-order valence-corrected chi connectivity index (χ4v) is 1.97. The van der Waals surface area contributed by atoms with Crippen molar-refractivity contribution in [2.24, 2.45) is 17.8 Å². The van der Waals surface area contributed by atoms with Crippen molar-refractivity contribution in [3.63, 3.8) is 0 Å². The van der Waals surface area contributed by atoms with Crippen LogP contribution in [0.2, 0.25) is 0 Å². The smallest absolute Gasteiger partial charge is 0.00667 e. The van der Waals surface area contributed by atoms with Gasteiger partial charge < -0.3 is 5.32 Å². The molecule has 0 spiro atoms. The van der Waals surface area contributed by atoms with Gasteiger partial charge in [0.2, 0.25) is 0 Å². The Bertz CT molecular complexity index is 120. The molecule has 1 aliphatic rings. The third kappa shape index (κ3) is 2.48. The van der Waals surface area contributed by atoms with Crippen molar-refractivity contribution in [1.29, 1.82) is 0 Å². The fraction of sp³-hybridized carbons (Fsp3) is 1.00. The summed E-state index contributed by atoms with van der Waals surface area (Å²) >= 11 is 0. The molecule has 0 aromatic heterocycles. The van der Waals surface area contributed by atoms with E-state index >= 15 is 0 Å². The van der Waals surface area contributed by atoms with Gasteiger partial charge in [-0.3, -0.25) is 0 Å². The number of hydrogen-bond donors (Lipinski definition) is 1. The molecule has 0 aliphatic heterocycles. The first-order valence-electron chi connectivity index (χ1n) is 4.82. The fourth-order valence-electron chi connectivity index (χ4n) is 1.97. The van der Waals surface area contributed by atoms with E-state index in [0.29, 0.717) is 0 Å². The van der Waals surface area contributed by atoms with Crippen molar-refractivity contribution in [3.8, 4) is 0 Å². The molecule has 1 aliphatic carbocycles. The van der Waals surface area contributed by atoms with Crippen LogP contribution in [0.4, 0.5) is 0 Å². The average Bonchev–Trinajstić information content (AvgIpc) is 2.65. The van der Waals surface area contributed by atoms with Crippen LogP contribution in [0.15, 0.2) is 0 Å². The summed E-state index contributed by atoms with van der Waals surface area (Å²) in [6, 6.07) is 0.735. The Hall–Kier alpha value is -0.0400. The molecular weight excluding hydrogens is 134 g/mol. The maximum absolute atomic E-state index is 3.33. The molecule has 0 amide bonds. The first-order chi connectivity index (χ1) is 5.15. The van der Waals surface area contributed by atoms with Gasteiger partial charge in [0.1, 0.15) is 0 Å². The molecular formula is C10H21N. The summed E-state index contributed by atoms with van der Waals surface area (Å²) in [5, 5.41) is 3.33. The van der Waals surface area contributed by atoms with Crippen LogP contribution in [0.25, 0.3) is 0 Å². The molecule has 0 aromatic carbocycles. The quantitative estimate of drug-likeness (QED) is 0.656. The summed E-state index contributed by atoms with van der Waals surface area (Å²) < 4.78 is 0. The van der Waals surface area contributed by atoms with Gasteiger partial charge in [-0.2, -0.15) is 0 Å². The minimum atomic E-state index is 0.735. The van der Waals surface area contributed by atoms with Gasteiger partial charge in [-0.05, 0) is 44.6 Å². The molecule has 1 N–H and O–H groups in total. The van der Waals surface area contributed by atoms with Crippen LogP contribution in [-0.4, -0.2) is 13.1 Å². The van der Waals surface area contributed by atoms with Gasteiger partial charge in [0.15, 0.2) is 0 Å². The van der Waals surface area contributed by atoms with Crippen LogP contribution in [0.1, 0.15) is 33.6 Å². The van der Waals surface area contributed by atoms with Crippen LogP contribution in [0, 0.1) is 17.8 Å². The lowest BCUT2D eigenvalue weighted by Gasteiger charge is -2.09. The summed E-state index contributed by atoms with van der Waals surface area (Å²) in [4.78, 5) is 0. The third-order valence-electron chi connectivity index (χ3n) is 2.85. The zero-order chi connectivity index (χ0) is 8.43. The Kier molecular flexibility index (Phi) is 2.94. The molecule has 3 unspecified atom stereocenters. The summed E-state index contributed by atoms with van der Waals surface area (Å²) in [7, 11) is 2.06. The zero-order valence-electron chi connectivity index (χ0n) is 8.22. The van der Waals surface area contributed by atoms with Gasteiger partial charge in [-0.1, -0.05) is 13.8 Å². The van der Waals surface area contributed by atoms with E-state index in [1.165, 1.54) is 12.8 Å². The predicted molar refractivity (Wildman–Crippen MR) is 49.6 cm³/mol. The Labute approximate surface area is 70.6 Å². The lowest BCUT2D eigenvalue weighted by molar-refractivity contribution is 0.458. The molecule has 1 heteroatoms. The molecule has 1 nitrogen and oxygen atoms in total. The van der Waals surface area contributed by atoms with E-state index in [1.807, 2.05) is 0 Å². The predicted octanol–water partition coefficient (Wildman–Crippen LogP) is 2.28. The van der Waals surface area contributed by atoms with E-state index in [0.717, 1.165) is 23.8 Å². The maximum atomic E-state index is 3.33. The van der Waals surface area contributed by atoms with Crippen molar-refractivity contribution >= 4 is 0 Å². The van der Waals surface area contributed by atoms with Crippen LogP contribution < -0.4 is 5.32 Å². The maximum Gasteiger partial charge on any atom is 0.00667 e. The van der Waals surface area contributed by atoms with Crippen molar-refractivity contribution < 1.29 is 0 Å². The van der Waals surface area contributed by atoms with E-state index in [-0.39, 0.29) is 0 Å². The highest BCUT2D eigenvalue weighted by Crippen LogP contribution is 2.45. The Morgan fingerprint density at radius 1 is 1.36 bits per heavy atom. The highest BCUT2D eigenvalue weighted by atomic mass is 14.9. The van der Waals surface area contributed by atoms with E-state index in [1.54, 1.807) is 0 Å². The Morgan fingerprint density at radius 2 is 2.00 bits per heavy atom. The lowest BCUT2D eigenvalue weighted by Crippen LogP contribution is -2.24. The molecule has 11 heavy (non-hydrogen) atoms. The second-order valence-electron chi connectivity index (χ2n) is 4.37. The molecule has 0 bridgehead atoms. The molecule has 3 atom stereocenters. The van der Waals surface area contributed by atoms with Crippen molar-refractivity contribution in [2.45, 2.75) is 39.7 Å². The highest BCUT2D eigenvalue weighted by Gasteiger charge is 2.40.